The van der Waals surface area contributed by atoms with Gasteiger partial charge >= 0.3 is 0 Å². The first-order chi connectivity index (χ1) is 12.8. The summed E-state index contributed by atoms with van der Waals surface area (Å²) in [5, 5.41) is 7.80. The van der Waals surface area contributed by atoms with E-state index in [1.54, 1.807) is 24.4 Å². The first kappa shape index (κ1) is 16.5. The minimum Gasteiger partial charge on any atom is -0.439 e. The summed E-state index contributed by atoms with van der Waals surface area (Å²) < 4.78 is 20.6. The highest BCUT2D eigenvalue weighted by Crippen LogP contribution is 2.28. The minimum absolute atomic E-state index is 0.306. The van der Waals surface area contributed by atoms with E-state index in [9.17, 15) is 4.39 Å². The van der Waals surface area contributed by atoms with Crippen LogP contribution in [0, 0.1) is 5.82 Å². The lowest BCUT2D eigenvalue weighted by molar-refractivity contribution is 0.460. The first-order valence-corrected chi connectivity index (χ1v) is 8.81. The van der Waals surface area contributed by atoms with Crippen molar-refractivity contribution in [3.8, 4) is 11.6 Å². The van der Waals surface area contributed by atoms with Crippen LogP contribution in [0.3, 0.4) is 0 Å². The summed E-state index contributed by atoms with van der Waals surface area (Å²) in [7, 11) is 0. The number of hydrogen-bond acceptors (Lipinski definition) is 5. The number of aromatic nitrogens is 4. The number of halogens is 1. The number of anilines is 1. The van der Waals surface area contributed by atoms with E-state index < -0.39 is 0 Å². The van der Waals surface area contributed by atoms with E-state index in [4.69, 9.17) is 4.74 Å². The summed E-state index contributed by atoms with van der Waals surface area (Å²) in [5.41, 5.74) is 0.949. The Bertz CT molecular complexity index is 858. The van der Waals surface area contributed by atoms with Crippen molar-refractivity contribution in [2.45, 2.75) is 38.3 Å². The second kappa shape index (κ2) is 7.51. The van der Waals surface area contributed by atoms with E-state index in [1.807, 2.05) is 12.3 Å². The maximum Gasteiger partial charge on any atom is 0.226 e. The van der Waals surface area contributed by atoms with Gasteiger partial charge in [0.25, 0.3) is 0 Å². The number of nitrogens with zero attached hydrogens (tertiary/aromatic N) is 4. The first-order valence-electron chi connectivity index (χ1n) is 8.81. The quantitative estimate of drug-likeness (QED) is 0.714. The largest absolute Gasteiger partial charge is 0.439 e. The Morgan fingerprint density at radius 2 is 1.92 bits per heavy atom. The molecule has 1 aliphatic rings. The molecule has 3 aromatic rings. The molecule has 0 radical (unpaired) electrons. The topological polar surface area (TPSA) is 64.9 Å². The van der Waals surface area contributed by atoms with Crippen LogP contribution in [0.25, 0.3) is 0 Å². The number of rotatable bonds is 6. The van der Waals surface area contributed by atoms with Crippen LogP contribution in [0.15, 0.2) is 48.8 Å². The van der Waals surface area contributed by atoms with Gasteiger partial charge in [-0.1, -0.05) is 12.8 Å². The van der Waals surface area contributed by atoms with Crippen molar-refractivity contribution in [3.05, 3.63) is 60.3 Å². The second-order valence-corrected chi connectivity index (χ2v) is 6.35. The Kier molecular flexibility index (Phi) is 4.77. The molecule has 1 aromatic carbocycles. The highest BCUT2D eigenvalue weighted by molar-refractivity contribution is 5.32. The van der Waals surface area contributed by atoms with Gasteiger partial charge in [-0.15, -0.1) is 0 Å². The fourth-order valence-corrected chi connectivity index (χ4v) is 3.12. The van der Waals surface area contributed by atoms with E-state index in [1.165, 1.54) is 37.8 Å². The zero-order chi connectivity index (χ0) is 17.8. The maximum atomic E-state index is 13.0. The van der Waals surface area contributed by atoms with Crippen LogP contribution in [-0.2, 0) is 6.54 Å². The third-order valence-corrected chi connectivity index (χ3v) is 4.46. The molecule has 0 aliphatic heterocycles. The van der Waals surface area contributed by atoms with Crippen molar-refractivity contribution in [3.63, 3.8) is 0 Å². The lowest BCUT2D eigenvalue weighted by Gasteiger charge is -2.09. The molecule has 1 saturated carbocycles. The molecular weight excluding hydrogens is 333 g/mol. The molecule has 0 unspecified atom stereocenters. The molecule has 2 aromatic heterocycles. The molecule has 1 fully saturated rings. The van der Waals surface area contributed by atoms with E-state index in [0.29, 0.717) is 30.2 Å². The molecule has 7 heteroatoms. The van der Waals surface area contributed by atoms with E-state index in [2.05, 4.69) is 25.1 Å². The van der Waals surface area contributed by atoms with Gasteiger partial charge in [0.05, 0.1) is 18.3 Å². The molecule has 2 heterocycles. The lowest BCUT2D eigenvalue weighted by Crippen LogP contribution is -2.08. The van der Waals surface area contributed by atoms with Gasteiger partial charge in [0.15, 0.2) is 0 Å². The van der Waals surface area contributed by atoms with Crippen LogP contribution in [0.2, 0.25) is 0 Å². The maximum absolute atomic E-state index is 13.0. The van der Waals surface area contributed by atoms with Gasteiger partial charge in [-0.05, 0) is 43.2 Å². The summed E-state index contributed by atoms with van der Waals surface area (Å²) >= 11 is 0. The van der Waals surface area contributed by atoms with Crippen LogP contribution < -0.4 is 10.1 Å². The average Bonchev–Trinajstić information content (AvgIpc) is 3.34. The molecule has 4 rings (SSSR count). The second-order valence-electron chi connectivity index (χ2n) is 6.35. The monoisotopic (exact) mass is 353 g/mol. The number of ether oxygens (including phenoxy) is 1. The van der Waals surface area contributed by atoms with Crippen molar-refractivity contribution in [2.75, 3.05) is 5.32 Å². The predicted octanol–water partition coefficient (Wildman–Crippen LogP) is 4.33. The van der Waals surface area contributed by atoms with E-state index >= 15 is 0 Å². The Hall–Kier alpha value is -2.96. The van der Waals surface area contributed by atoms with Crippen molar-refractivity contribution >= 4 is 5.95 Å². The van der Waals surface area contributed by atoms with Crippen molar-refractivity contribution in [1.82, 2.24) is 19.7 Å². The highest BCUT2D eigenvalue weighted by atomic mass is 19.1. The van der Waals surface area contributed by atoms with Gasteiger partial charge in [0.1, 0.15) is 11.6 Å². The average molecular weight is 353 g/mol. The Morgan fingerprint density at radius 1 is 1.12 bits per heavy atom. The molecule has 26 heavy (non-hydrogen) atoms. The summed E-state index contributed by atoms with van der Waals surface area (Å²) in [6, 6.07) is 10.0. The summed E-state index contributed by atoms with van der Waals surface area (Å²) in [4.78, 5) is 8.51. The minimum atomic E-state index is -0.306. The third-order valence-electron chi connectivity index (χ3n) is 4.46. The van der Waals surface area contributed by atoms with Crippen LogP contribution in [-0.4, -0.2) is 19.7 Å². The van der Waals surface area contributed by atoms with Crippen molar-refractivity contribution in [1.29, 1.82) is 0 Å². The van der Waals surface area contributed by atoms with Crippen LogP contribution in [0.4, 0.5) is 10.3 Å². The molecule has 0 atom stereocenters. The van der Waals surface area contributed by atoms with E-state index in [-0.39, 0.29) is 5.82 Å². The summed E-state index contributed by atoms with van der Waals surface area (Å²) in [6.45, 7) is 0.541. The molecule has 0 spiro atoms. The van der Waals surface area contributed by atoms with Gasteiger partial charge in [-0.25, -0.2) is 9.37 Å². The normalized spacial score (nSPS) is 14.5. The summed E-state index contributed by atoms with van der Waals surface area (Å²) in [5.74, 6) is 1.07. The molecule has 6 nitrogen and oxygen atoms in total. The van der Waals surface area contributed by atoms with Crippen molar-refractivity contribution in [2.24, 2.45) is 0 Å². The number of benzene rings is 1. The van der Waals surface area contributed by atoms with Crippen molar-refractivity contribution < 1.29 is 9.13 Å². The van der Waals surface area contributed by atoms with Gasteiger partial charge in [0.2, 0.25) is 11.8 Å². The van der Waals surface area contributed by atoms with Gasteiger partial charge in [-0.2, -0.15) is 10.1 Å². The number of hydrogen-bond donors (Lipinski definition) is 1. The molecule has 0 bridgehead atoms. The molecule has 1 N–H and O–H groups in total. The van der Waals surface area contributed by atoms with Crippen LogP contribution in [0.5, 0.6) is 11.6 Å². The third kappa shape index (κ3) is 3.99. The standard InChI is InChI=1S/C19H20FN5O/c20-14-5-7-17(8-6-14)26-18-9-11-21-19(23-18)22-13-15-10-12-25(24-15)16-3-1-2-4-16/h5-12,16H,1-4,13H2,(H,21,22,23). The van der Waals surface area contributed by atoms with E-state index in [0.717, 1.165) is 5.69 Å². The molecule has 1 aliphatic carbocycles. The smallest absolute Gasteiger partial charge is 0.226 e. The Balaban J connectivity index is 1.37. The fraction of sp³-hybridized carbons (Fsp3) is 0.316. The predicted molar refractivity (Wildman–Crippen MR) is 95.6 cm³/mol. The highest BCUT2D eigenvalue weighted by Gasteiger charge is 2.17. The fourth-order valence-electron chi connectivity index (χ4n) is 3.12. The van der Waals surface area contributed by atoms with Gasteiger partial charge < -0.3 is 10.1 Å². The zero-order valence-electron chi connectivity index (χ0n) is 14.3. The van der Waals surface area contributed by atoms with Crippen LogP contribution in [0.1, 0.15) is 37.4 Å². The Labute approximate surface area is 151 Å². The van der Waals surface area contributed by atoms with Gasteiger partial charge in [-0.3, -0.25) is 4.68 Å². The summed E-state index contributed by atoms with van der Waals surface area (Å²) in [6.07, 6.45) is 8.65. The molecule has 0 saturated heterocycles. The lowest BCUT2D eigenvalue weighted by atomic mass is 10.3. The Morgan fingerprint density at radius 3 is 2.73 bits per heavy atom. The SMILES string of the molecule is Fc1ccc(Oc2ccnc(NCc3ccn(C4CCCC4)n3)n2)cc1. The molecular formula is C19H20FN5O. The molecule has 134 valence electrons. The van der Waals surface area contributed by atoms with Gasteiger partial charge in [0, 0.05) is 18.5 Å². The number of nitrogens with one attached hydrogen (secondary N) is 1. The molecule has 0 amide bonds. The zero-order valence-corrected chi connectivity index (χ0v) is 14.3. The van der Waals surface area contributed by atoms with Crippen LogP contribution >= 0.6 is 0 Å².